The molecule has 0 aliphatic rings. The van der Waals surface area contributed by atoms with E-state index in [4.69, 9.17) is 15.0 Å². The molecule has 0 amide bonds. The van der Waals surface area contributed by atoms with Gasteiger partial charge >= 0.3 is 12.4 Å². The highest BCUT2D eigenvalue weighted by atomic mass is 19.4. The van der Waals surface area contributed by atoms with Crippen LogP contribution < -0.4 is 0 Å². The monoisotopic (exact) mass is 711 g/mol. The lowest BCUT2D eigenvalue weighted by Crippen LogP contribution is -2.05. The zero-order valence-electron chi connectivity index (χ0n) is 27.3. The molecular formula is C42H23F6N5. The summed E-state index contributed by atoms with van der Waals surface area (Å²) in [6.07, 6.45) is -9.46. The third-order valence-electron chi connectivity index (χ3n) is 8.94. The fraction of sp³-hybridized carbons (Fsp3) is 0.0476. The molecule has 6 aromatic carbocycles. The van der Waals surface area contributed by atoms with Crippen LogP contribution in [0.4, 0.5) is 26.3 Å². The summed E-state index contributed by atoms with van der Waals surface area (Å²) >= 11 is 0. The number of fused-ring (bicyclic) bond motifs is 3. The molecule has 8 rings (SSSR count). The van der Waals surface area contributed by atoms with Gasteiger partial charge in [0.05, 0.1) is 39.5 Å². The highest BCUT2D eigenvalue weighted by molar-refractivity contribution is 6.10. The number of aromatic nitrogens is 4. The number of hydrogen-bond acceptors (Lipinski definition) is 4. The van der Waals surface area contributed by atoms with Gasteiger partial charge in [0.2, 0.25) is 0 Å². The molecule has 0 N–H and O–H groups in total. The van der Waals surface area contributed by atoms with E-state index >= 15 is 0 Å². The van der Waals surface area contributed by atoms with Crippen LogP contribution in [0.3, 0.4) is 0 Å². The second-order valence-electron chi connectivity index (χ2n) is 12.3. The van der Waals surface area contributed by atoms with Crippen LogP contribution in [0.1, 0.15) is 16.7 Å². The van der Waals surface area contributed by atoms with Crippen molar-refractivity contribution >= 4 is 21.8 Å². The van der Waals surface area contributed by atoms with Crippen LogP contribution in [-0.2, 0) is 12.4 Å². The Bertz CT molecular complexity index is 2570. The van der Waals surface area contributed by atoms with E-state index in [9.17, 15) is 31.6 Å². The van der Waals surface area contributed by atoms with E-state index in [0.29, 0.717) is 45.2 Å². The Morgan fingerprint density at radius 1 is 0.472 bits per heavy atom. The maximum absolute atomic E-state index is 14.0. The highest BCUT2D eigenvalue weighted by Gasteiger charge is 2.33. The molecular weight excluding hydrogens is 688 g/mol. The van der Waals surface area contributed by atoms with E-state index in [1.165, 1.54) is 12.1 Å². The second-order valence-corrected chi connectivity index (χ2v) is 12.3. The summed E-state index contributed by atoms with van der Waals surface area (Å²) in [5.41, 5.74) is 2.69. The van der Waals surface area contributed by atoms with Gasteiger partial charge in [0.1, 0.15) is 0 Å². The molecule has 2 aromatic heterocycles. The van der Waals surface area contributed by atoms with Crippen molar-refractivity contribution in [1.82, 2.24) is 19.5 Å². The van der Waals surface area contributed by atoms with E-state index in [-0.39, 0.29) is 27.6 Å². The standard InChI is InChI=1S/C42H23F6N5/c43-41(44,45)30-16-19-35-32(22-30)33-23-31(42(46,47)48)17-20-36(33)53(35)37-18-15-29(26-13-11-25(24-49)12-14-26)21-34(37)40-51-38(27-7-3-1-4-8-27)50-39(52-40)28-9-5-2-6-10-28/h1-23H. The quantitative estimate of drug-likeness (QED) is 0.167. The molecule has 0 atom stereocenters. The van der Waals surface area contributed by atoms with Crippen molar-refractivity contribution in [1.29, 1.82) is 5.26 Å². The molecule has 2 heterocycles. The van der Waals surface area contributed by atoms with Gasteiger partial charge in [-0.15, -0.1) is 0 Å². The predicted octanol–water partition coefficient (Wildman–Crippen LogP) is 11.5. The lowest BCUT2D eigenvalue weighted by atomic mass is 10.00. The minimum absolute atomic E-state index is 0.00589. The molecule has 11 heteroatoms. The summed E-state index contributed by atoms with van der Waals surface area (Å²) in [7, 11) is 0. The molecule has 258 valence electrons. The SMILES string of the molecule is N#Cc1ccc(-c2ccc(-n3c4ccc(C(F)(F)F)cc4c4cc(C(F)(F)F)ccc43)c(-c3nc(-c4ccccc4)nc(-c4ccccc4)n3)c2)cc1. The zero-order chi connectivity index (χ0) is 36.9. The van der Waals surface area contributed by atoms with Crippen molar-refractivity contribution < 1.29 is 26.3 Å². The molecule has 0 radical (unpaired) electrons. The lowest BCUT2D eigenvalue weighted by Gasteiger charge is -2.17. The number of halogens is 6. The molecule has 0 unspecified atom stereocenters. The summed E-state index contributed by atoms with van der Waals surface area (Å²) < 4.78 is 85.5. The molecule has 0 aliphatic heterocycles. The van der Waals surface area contributed by atoms with Crippen molar-refractivity contribution in [2.45, 2.75) is 12.4 Å². The van der Waals surface area contributed by atoms with Gasteiger partial charge in [0, 0.05) is 27.5 Å². The molecule has 0 spiro atoms. The van der Waals surface area contributed by atoms with Gasteiger partial charge in [0.15, 0.2) is 17.5 Å². The maximum atomic E-state index is 14.0. The first kappa shape index (κ1) is 33.3. The summed E-state index contributed by atoms with van der Waals surface area (Å²) in [6, 6.07) is 39.0. The van der Waals surface area contributed by atoms with E-state index < -0.39 is 23.5 Å². The summed E-state index contributed by atoms with van der Waals surface area (Å²) in [4.78, 5) is 14.6. The summed E-state index contributed by atoms with van der Waals surface area (Å²) in [5.74, 6) is 0.934. The van der Waals surface area contributed by atoms with Crippen molar-refractivity contribution in [3.63, 3.8) is 0 Å². The summed E-state index contributed by atoms with van der Waals surface area (Å²) in [5, 5.41) is 9.36. The Balaban J connectivity index is 1.46. The van der Waals surface area contributed by atoms with Crippen LogP contribution in [0, 0.1) is 11.3 Å². The predicted molar refractivity (Wildman–Crippen MR) is 191 cm³/mol. The molecule has 0 aliphatic carbocycles. The molecule has 53 heavy (non-hydrogen) atoms. The van der Waals surface area contributed by atoms with E-state index in [2.05, 4.69) is 6.07 Å². The number of nitriles is 1. The second kappa shape index (κ2) is 12.8. The van der Waals surface area contributed by atoms with Crippen molar-refractivity contribution in [3.8, 4) is 57.0 Å². The van der Waals surface area contributed by atoms with Crippen LogP contribution in [0.25, 0.3) is 72.8 Å². The van der Waals surface area contributed by atoms with Crippen molar-refractivity contribution in [2.75, 3.05) is 0 Å². The Kier molecular flexibility index (Phi) is 8.03. The van der Waals surface area contributed by atoms with Crippen LogP contribution in [0.15, 0.2) is 140 Å². The molecule has 0 fully saturated rings. The minimum atomic E-state index is -4.73. The first-order valence-electron chi connectivity index (χ1n) is 16.2. The molecule has 8 aromatic rings. The number of hydrogen-bond donors (Lipinski definition) is 0. The number of benzene rings is 6. The number of rotatable bonds is 5. The molecule has 0 saturated heterocycles. The van der Waals surface area contributed by atoms with Crippen LogP contribution in [0.2, 0.25) is 0 Å². The van der Waals surface area contributed by atoms with E-state index in [0.717, 1.165) is 29.8 Å². The smallest absolute Gasteiger partial charge is 0.309 e. The van der Waals surface area contributed by atoms with Crippen molar-refractivity contribution in [2.24, 2.45) is 0 Å². The van der Waals surface area contributed by atoms with Gasteiger partial charge in [0.25, 0.3) is 0 Å². The van der Waals surface area contributed by atoms with Crippen molar-refractivity contribution in [3.05, 3.63) is 156 Å². The maximum Gasteiger partial charge on any atom is 0.416 e. The van der Waals surface area contributed by atoms with Gasteiger partial charge in [-0.25, -0.2) is 15.0 Å². The molecule has 5 nitrogen and oxygen atoms in total. The van der Waals surface area contributed by atoms with E-state index in [1.54, 1.807) is 41.0 Å². The van der Waals surface area contributed by atoms with E-state index in [1.807, 2.05) is 66.7 Å². The Morgan fingerprint density at radius 2 is 0.943 bits per heavy atom. The number of alkyl halides is 6. The average Bonchev–Trinajstić information content (AvgIpc) is 3.50. The topological polar surface area (TPSA) is 67.4 Å². The first-order chi connectivity index (χ1) is 25.5. The normalized spacial score (nSPS) is 11.9. The molecule has 0 bridgehead atoms. The average molecular weight is 712 g/mol. The van der Waals surface area contributed by atoms with Gasteiger partial charge < -0.3 is 4.57 Å². The van der Waals surface area contributed by atoms with Crippen LogP contribution >= 0.6 is 0 Å². The van der Waals surface area contributed by atoms with Crippen LogP contribution in [0.5, 0.6) is 0 Å². The zero-order valence-corrected chi connectivity index (χ0v) is 27.3. The Hall–Kier alpha value is -6.80. The van der Waals surface area contributed by atoms with Gasteiger partial charge in [-0.3, -0.25) is 0 Å². The summed E-state index contributed by atoms with van der Waals surface area (Å²) in [6.45, 7) is 0. The third kappa shape index (κ3) is 6.25. The largest absolute Gasteiger partial charge is 0.416 e. The Morgan fingerprint density at radius 3 is 1.42 bits per heavy atom. The first-order valence-corrected chi connectivity index (χ1v) is 16.2. The van der Waals surface area contributed by atoms with Crippen LogP contribution in [-0.4, -0.2) is 19.5 Å². The fourth-order valence-corrected chi connectivity index (χ4v) is 6.39. The van der Waals surface area contributed by atoms with Gasteiger partial charge in [-0.1, -0.05) is 78.9 Å². The highest BCUT2D eigenvalue weighted by Crippen LogP contribution is 2.42. The third-order valence-corrected chi connectivity index (χ3v) is 8.94. The molecule has 0 saturated carbocycles. The minimum Gasteiger partial charge on any atom is -0.309 e. The van der Waals surface area contributed by atoms with Gasteiger partial charge in [-0.05, 0) is 71.8 Å². The fourth-order valence-electron chi connectivity index (χ4n) is 6.39. The Labute approximate surface area is 298 Å². The number of nitrogens with zero attached hydrogens (tertiary/aromatic N) is 5. The van der Waals surface area contributed by atoms with Gasteiger partial charge in [-0.2, -0.15) is 31.6 Å². The lowest BCUT2D eigenvalue weighted by molar-refractivity contribution is -0.138.